The van der Waals surface area contributed by atoms with Crippen LogP contribution in [-0.4, -0.2) is 30.0 Å². The van der Waals surface area contributed by atoms with Crippen LogP contribution in [0.2, 0.25) is 0 Å². The van der Waals surface area contributed by atoms with Gasteiger partial charge in [-0.05, 0) is 24.3 Å². The summed E-state index contributed by atoms with van der Waals surface area (Å²) in [6, 6.07) is 12.3. The summed E-state index contributed by atoms with van der Waals surface area (Å²) in [5.41, 5.74) is 6.08. The van der Waals surface area contributed by atoms with Crippen LogP contribution in [0.5, 0.6) is 0 Å². The molecule has 27 heavy (non-hydrogen) atoms. The summed E-state index contributed by atoms with van der Waals surface area (Å²) >= 11 is 0. The second-order valence-corrected chi connectivity index (χ2v) is 5.60. The summed E-state index contributed by atoms with van der Waals surface area (Å²) in [5, 5.41) is 5.06. The van der Waals surface area contributed by atoms with Crippen molar-refractivity contribution < 1.29 is 18.4 Å². The molecule has 138 valence electrons. The molecule has 0 bridgehead atoms. The predicted octanol–water partition coefficient (Wildman–Crippen LogP) is 2.55. The number of hydrogen-bond donors (Lipinski definition) is 3. The second kappa shape index (κ2) is 8.13. The first kappa shape index (κ1) is 18.1. The average molecular weight is 368 g/mol. The van der Waals surface area contributed by atoms with Crippen molar-refractivity contribution in [2.24, 2.45) is 5.73 Å². The number of aromatic nitrogens is 1. The highest BCUT2D eigenvalue weighted by molar-refractivity contribution is 6.00. The number of oxazole rings is 1. The van der Waals surface area contributed by atoms with Crippen LogP contribution >= 0.6 is 0 Å². The summed E-state index contributed by atoms with van der Waals surface area (Å²) in [5.74, 6) is -0.311. The number of halogens is 1. The maximum atomic E-state index is 13.9. The zero-order chi connectivity index (χ0) is 19.2. The molecule has 8 heteroatoms. The lowest BCUT2D eigenvalue weighted by Crippen LogP contribution is -2.37. The first-order valence-electron chi connectivity index (χ1n) is 8.18. The minimum Gasteiger partial charge on any atom is -0.436 e. The monoisotopic (exact) mass is 368 g/mol. The van der Waals surface area contributed by atoms with Gasteiger partial charge in [-0.1, -0.05) is 24.3 Å². The molecule has 0 aliphatic heterocycles. The molecule has 0 unspecified atom stereocenters. The van der Waals surface area contributed by atoms with E-state index in [1.807, 2.05) is 0 Å². The first-order valence-corrected chi connectivity index (χ1v) is 8.18. The van der Waals surface area contributed by atoms with Crippen molar-refractivity contribution in [3.8, 4) is 22.8 Å². The summed E-state index contributed by atoms with van der Waals surface area (Å²) in [6.07, 6.45) is 1.42. The Hall–Kier alpha value is -3.68. The highest BCUT2D eigenvalue weighted by atomic mass is 19.1. The number of hydrogen-bond acceptors (Lipinski definition) is 4. The van der Waals surface area contributed by atoms with Gasteiger partial charge in [-0.25, -0.2) is 14.2 Å². The normalized spacial score (nSPS) is 10.4. The van der Waals surface area contributed by atoms with E-state index >= 15 is 0 Å². The number of benzene rings is 2. The van der Waals surface area contributed by atoms with Gasteiger partial charge in [0.2, 0.25) is 5.89 Å². The maximum absolute atomic E-state index is 13.9. The fourth-order valence-corrected chi connectivity index (χ4v) is 2.51. The van der Waals surface area contributed by atoms with Crippen LogP contribution in [0.3, 0.4) is 0 Å². The van der Waals surface area contributed by atoms with E-state index in [-0.39, 0.29) is 36.2 Å². The van der Waals surface area contributed by atoms with Gasteiger partial charge in [0.25, 0.3) is 5.91 Å². The molecule has 1 aromatic heterocycles. The summed E-state index contributed by atoms with van der Waals surface area (Å²) in [7, 11) is 0. The molecule has 0 aliphatic rings. The van der Waals surface area contributed by atoms with Gasteiger partial charge in [0.15, 0.2) is 5.76 Å². The van der Waals surface area contributed by atoms with Crippen molar-refractivity contribution >= 4 is 11.9 Å². The van der Waals surface area contributed by atoms with Crippen LogP contribution < -0.4 is 16.4 Å². The number of carbonyl (C=O) groups excluding carboxylic acids is 2. The number of urea groups is 1. The Balaban J connectivity index is 1.81. The fourth-order valence-electron chi connectivity index (χ4n) is 2.51. The number of rotatable bonds is 6. The maximum Gasteiger partial charge on any atom is 0.312 e. The molecule has 0 fully saturated rings. The van der Waals surface area contributed by atoms with Crippen LogP contribution in [0.1, 0.15) is 10.4 Å². The molecule has 0 spiro atoms. The lowest BCUT2D eigenvalue weighted by atomic mass is 10.1. The molecule has 0 saturated heterocycles. The molecular weight excluding hydrogens is 351 g/mol. The van der Waals surface area contributed by atoms with Crippen molar-refractivity contribution in [1.29, 1.82) is 0 Å². The van der Waals surface area contributed by atoms with Crippen LogP contribution in [0.25, 0.3) is 22.8 Å². The molecule has 3 rings (SSSR count). The van der Waals surface area contributed by atoms with Gasteiger partial charge in [0.1, 0.15) is 5.82 Å². The third-order valence-electron chi connectivity index (χ3n) is 3.76. The molecule has 3 amide bonds. The Bertz CT molecular complexity index is 971. The minimum atomic E-state index is -0.662. The van der Waals surface area contributed by atoms with Gasteiger partial charge in [-0.2, -0.15) is 0 Å². The lowest BCUT2D eigenvalue weighted by molar-refractivity contribution is 0.0954. The Morgan fingerprint density at radius 2 is 1.67 bits per heavy atom. The quantitative estimate of drug-likeness (QED) is 0.581. The number of nitrogens with two attached hydrogens (primary N) is 1. The Morgan fingerprint density at radius 3 is 2.41 bits per heavy atom. The number of nitrogens with one attached hydrogen (secondary N) is 2. The Labute approximate surface area is 154 Å². The zero-order valence-corrected chi connectivity index (χ0v) is 14.2. The van der Waals surface area contributed by atoms with E-state index in [2.05, 4.69) is 15.6 Å². The Morgan fingerprint density at radius 1 is 1.00 bits per heavy atom. The van der Waals surface area contributed by atoms with Crippen LogP contribution in [0, 0.1) is 5.82 Å². The molecule has 0 atom stereocenters. The molecule has 0 radical (unpaired) electrons. The van der Waals surface area contributed by atoms with E-state index in [1.165, 1.54) is 12.3 Å². The van der Waals surface area contributed by atoms with Crippen LogP contribution in [0.4, 0.5) is 9.18 Å². The molecular formula is C19H17FN4O3. The van der Waals surface area contributed by atoms with Gasteiger partial charge in [0, 0.05) is 18.7 Å². The number of nitrogens with zero attached hydrogens (tertiary/aromatic N) is 1. The summed E-state index contributed by atoms with van der Waals surface area (Å²) in [4.78, 5) is 27.3. The predicted molar refractivity (Wildman–Crippen MR) is 97.3 cm³/mol. The van der Waals surface area contributed by atoms with E-state index in [0.717, 1.165) is 0 Å². The van der Waals surface area contributed by atoms with Crippen molar-refractivity contribution in [2.45, 2.75) is 0 Å². The summed E-state index contributed by atoms with van der Waals surface area (Å²) < 4.78 is 19.6. The molecule has 7 nitrogen and oxygen atoms in total. The number of carbonyl (C=O) groups is 2. The minimum absolute atomic E-state index is 0.203. The molecule has 3 aromatic rings. The van der Waals surface area contributed by atoms with Crippen LogP contribution in [-0.2, 0) is 0 Å². The van der Waals surface area contributed by atoms with Crippen molar-refractivity contribution in [3.63, 3.8) is 0 Å². The highest BCUT2D eigenvalue weighted by Crippen LogP contribution is 2.29. The Kier molecular flexibility index (Phi) is 5.46. The van der Waals surface area contributed by atoms with Gasteiger partial charge in [-0.3, -0.25) is 4.79 Å². The zero-order valence-electron chi connectivity index (χ0n) is 14.2. The first-order chi connectivity index (χ1) is 13.1. The molecule has 4 N–H and O–H groups in total. The topological polar surface area (TPSA) is 110 Å². The second-order valence-electron chi connectivity index (χ2n) is 5.60. The fraction of sp³-hybridized carbons (Fsp3) is 0.105. The molecule has 0 saturated carbocycles. The standard InChI is InChI=1S/C19H17FN4O3/c20-15-8-4-3-7-14(15)16-11-24-18(27-16)13-6-2-1-5-12(13)17(25)22-9-10-23-19(21)26/h1-8,11H,9-10H2,(H,22,25)(H3,21,23,26). The third kappa shape index (κ3) is 4.30. The van der Waals surface area contributed by atoms with Crippen molar-refractivity contribution in [3.05, 3.63) is 66.1 Å². The van der Waals surface area contributed by atoms with E-state index in [9.17, 15) is 14.0 Å². The smallest absolute Gasteiger partial charge is 0.312 e. The average Bonchev–Trinajstić information content (AvgIpc) is 3.15. The summed E-state index contributed by atoms with van der Waals surface area (Å²) in [6.45, 7) is 0.418. The SMILES string of the molecule is NC(=O)NCCNC(=O)c1ccccc1-c1ncc(-c2ccccc2F)o1. The van der Waals surface area contributed by atoms with Gasteiger partial charge >= 0.3 is 6.03 Å². The van der Waals surface area contributed by atoms with Gasteiger partial charge in [-0.15, -0.1) is 0 Å². The molecule has 0 aliphatic carbocycles. The molecule has 2 aromatic carbocycles. The number of amides is 3. The van der Waals surface area contributed by atoms with Gasteiger partial charge in [0.05, 0.1) is 17.3 Å². The molecule has 1 heterocycles. The number of primary amides is 1. The largest absolute Gasteiger partial charge is 0.436 e. The van der Waals surface area contributed by atoms with E-state index < -0.39 is 11.8 Å². The van der Waals surface area contributed by atoms with E-state index in [0.29, 0.717) is 11.1 Å². The highest BCUT2D eigenvalue weighted by Gasteiger charge is 2.17. The third-order valence-corrected chi connectivity index (χ3v) is 3.76. The van der Waals surface area contributed by atoms with E-state index in [4.69, 9.17) is 10.2 Å². The van der Waals surface area contributed by atoms with Crippen LogP contribution in [0.15, 0.2) is 59.1 Å². The van der Waals surface area contributed by atoms with Gasteiger partial charge < -0.3 is 20.8 Å². The van der Waals surface area contributed by atoms with E-state index in [1.54, 1.807) is 42.5 Å². The van der Waals surface area contributed by atoms with Crippen molar-refractivity contribution in [1.82, 2.24) is 15.6 Å². The van der Waals surface area contributed by atoms with Crippen molar-refractivity contribution in [2.75, 3.05) is 13.1 Å². The lowest BCUT2D eigenvalue weighted by Gasteiger charge is -2.08.